The number of alkyl halides is 4. The van der Waals surface area contributed by atoms with E-state index < -0.39 is 43.5 Å². The van der Waals surface area contributed by atoms with Gasteiger partial charge in [-0.3, -0.25) is 9.69 Å². The predicted molar refractivity (Wildman–Crippen MR) is 139 cm³/mol. The molecule has 0 aliphatic carbocycles. The van der Waals surface area contributed by atoms with Crippen LogP contribution in [0.25, 0.3) is 16.8 Å². The summed E-state index contributed by atoms with van der Waals surface area (Å²) in [5.41, 5.74) is 10.0. The number of nitrogen functional groups attached to an aromatic ring is 1. The fourth-order valence-electron chi connectivity index (χ4n) is 5.03. The van der Waals surface area contributed by atoms with Gasteiger partial charge in [-0.05, 0) is 30.2 Å². The summed E-state index contributed by atoms with van der Waals surface area (Å²) in [7, 11) is 0. The third-order valence-electron chi connectivity index (χ3n) is 7.12. The van der Waals surface area contributed by atoms with E-state index in [4.69, 9.17) is 10.5 Å². The molecular weight excluding hydrogens is 550 g/mol. The number of nitrogens with two attached hydrogens (primary N) is 1. The van der Waals surface area contributed by atoms with Crippen molar-refractivity contribution in [2.24, 2.45) is 0 Å². The number of nitrogens with one attached hydrogen (secondary N) is 1. The van der Waals surface area contributed by atoms with Crippen LogP contribution in [0.3, 0.4) is 0 Å². The molecule has 2 amide bonds. The minimum absolute atomic E-state index is 0.263. The fourth-order valence-corrected chi connectivity index (χ4v) is 5.03. The summed E-state index contributed by atoms with van der Waals surface area (Å²) in [6.07, 6.45) is -6.33. The molecule has 2 atom stereocenters. The highest BCUT2D eigenvalue weighted by molar-refractivity contribution is 5.97. The average Bonchev–Trinajstić information content (AvgIpc) is 3.48. The number of hydrogen-bond donors (Lipinski definition) is 2. The Kier molecular flexibility index (Phi) is 8.00. The molecule has 3 N–H and O–H groups in total. The first kappa shape index (κ1) is 28.5. The molecule has 5 rings (SSSR count). The predicted octanol–water partition coefficient (Wildman–Crippen LogP) is 2.57. The van der Waals surface area contributed by atoms with Gasteiger partial charge in [-0.25, -0.2) is 18.7 Å². The van der Waals surface area contributed by atoms with Crippen LogP contribution in [-0.2, 0) is 16.0 Å². The Morgan fingerprint density at radius 1 is 1.20 bits per heavy atom. The van der Waals surface area contributed by atoms with Gasteiger partial charge in [-0.1, -0.05) is 12.1 Å². The number of likely N-dealkylation sites (tertiary alicyclic amines) is 1. The number of rotatable bonds is 6. The van der Waals surface area contributed by atoms with Crippen LogP contribution < -0.4 is 11.1 Å². The van der Waals surface area contributed by atoms with Crippen LogP contribution in [0.5, 0.6) is 0 Å². The molecule has 2 saturated heterocycles. The van der Waals surface area contributed by atoms with Gasteiger partial charge < -0.3 is 25.4 Å². The number of carbonyl (C=O) groups is 2. The molecule has 2 fully saturated rings. The summed E-state index contributed by atoms with van der Waals surface area (Å²) in [6, 6.07) is 6.06. The van der Waals surface area contributed by atoms with Gasteiger partial charge in [0, 0.05) is 37.3 Å². The molecule has 0 bridgehead atoms. The highest BCUT2D eigenvalue weighted by Gasteiger charge is 2.39. The van der Waals surface area contributed by atoms with E-state index >= 15 is 0 Å². The summed E-state index contributed by atoms with van der Waals surface area (Å²) in [6.45, 7) is 2.53. The third-order valence-corrected chi connectivity index (χ3v) is 7.12. The lowest BCUT2D eigenvalue weighted by Crippen LogP contribution is -2.42. The maximum absolute atomic E-state index is 14.7. The van der Waals surface area contributed by atoms with Crippen LogP contribution >= 0.6 is 0 Å². The van der Waals surface area contributed by atoms with Gasteiger partial charge in [0.05, 0.1) is 31.5 Å². The molecule has 0 saturated carbocycles. The van der Waals surface area contributed by atoms with Crippen molar-refractivity contribution in [1.82, 2.24) is 29.7 Å². The molecule has 1 aromatic carbocycles. The maximum Gasteiger partial charge on any atom is 0.422 e. The first-order chi connectivity index (χ1) is 19.5. The quantitative estimate of drug-likeness (QED) is 0.427. The molecule has 2 aliphatic rings. The van der Waals surface area contributed by atoms with Gasteiger partial charge in [-0.15, -0.1) is 0 Å². The lowest BCUT2D eigenvalue weighted by atomic mass is 10.0. The largest absolute Gasteiger partial charge is 0.440 e. The Morgan fingerprint density at radius 3 is 2.68 bits per heavy atom. The number of amides is 2. The second-order valence-electron chi connectivity index (χ2n) is 10.0. The summed E-state index contributed by atoms with van der Waals surface area (Å²) in [4.78, 5) is 32.4. The summed E-state index contributed by atoms with van der Waals surface area (Å²) in [5, 5.41) is 6.96. The lowest BCUT2D eigenvalue weighted by molar-refractivity contribution is -0.162. The van der Waals surface area contributed by atoms with Crippen LogP contribution in [0.2, 0.25) is 0 Å². The Hall–Kier alpha value is -3.98. The first-order valence-corrected chi connectivity index (χ1v) is 13.0. The third kappa shape index (κ3) is 6.35. The van der Waals surface area contributed by atoms with Gasteiger partial charge >= 0.3 is 12.3 Å². The van der Waals surface area contributed by atoms with E-state index in [0.29, 0.717) is 47.9 Å². The van der Waals surface area contributed by atoms with Gasteiger partial charge in [-0.2, -0.15) is 18.3 Å². The molecule has 3 aromatic rings. The topological polar surface area (TPSA) is 127 Å². The zero-order valence-corrected chi connectivity index (χ0v) is 22.2. The van der Waals surface area contributed by atoms with Crippen molar-refractivity contribution in [3.63, 3.8) is 0 Å². The van der Waals surface area contributed by atoms with Gasteiger partial charge in [0.25, 0.3) is 5.91 Å². The first-order valence-electron chi connectivity index (χ1n) is 13.0. The van der Waals surface area contributed by atoms with Crippen LogP contribution in [0.15, 0.2) is 30.6 Å². The normalized spacial score (nSPS) is 20.0. The summed E-state index contributed by atoms with van der Waals surface area (Å²) in [5.74, 6) is -0.279. The highest BCUT2D eigenvalue weighted by Crippen LogP contribution is 2.30. The number of nitrogens with zero attached hydrogens (tertiary/aromatic N) is 5. The Labute approximate surface area is 232 Å². The van der Waals surface area contributed by atoms with Crippen molar-refractivity contribution < 1.29 is 36.6 Å². The molecule has 2 aliphatic heterocycles. The van der Waals surface area contributed by atoms with Crippen LogP contribution in [-0.4, -0.2) is 101 Å². The van der Waals surface area contributed by atoms with Crippen molar-refractivity contribution in [3.05, 3.63) is 47.3 Å². The van der Waals surface area contributed by atoms with Crippen molar-refractivity contribution in [2.75, 3.05) is 51.7 Å². The number of morpholine rings is 1. The number of aryl methyl sites for hydroxylation is 1. The molecule has 0 radical (unpaired) electrons. The minimum atomic E-state index is -4.70. The van der Waals surface area contributed by atoms with Crippen molar-refractivity contribution in [2.45, 2.75) is 31.9 Å². The van der Waals surface area contributed by atoms with E-state index in [2.05, 4.69) is 25.0 Å². The van der Waals surface area contributed by atoms with E-state index in [1.165, 1.54) is 6.33 Å². The fraction of sp³-hybridized carbons (Fsp3) is 0.462. The second kappa shape index (κ2) is 11.5. The van der Waals surface area contributed by atoms with E-state index in [1.54, 1.807) is 23.6 Å². The standard InChI is InChI=1S/C26H29F4N7O4/c1-15-2-3-16(21-9-17(10-35-4-6-40-7-5-35)22-23(31)32-14-33-37(21)22)8-18(15)24(38)34-20-12-36(11-19(20)27)25(39)41-13-26(28,29)30/h2-3,8-9,14,19-20H,4-7,10-13H2,1H3,(H,34,38)(H2,31,32,33). The molecule has 11 nitrogen and oxygen atoms in total. The summed E-state index contributed by atoms with van der Waals surface area (Å²) >= 11 is 0. The second-order valence-corrected chi connectivity index (χ2v) is 10.0. The molecule has 2 aromatic heterocycles. The molecule has 15 heteroatoms. The zero-order valence-electron chi connectivity index (χ0n) is 22.2. The van der Waals surface area contributed by atoms with Crippen molar-refractivity contribution in [1.29, 1.82) is 0 Å². The van der Waals surface area contributed by atoms with Crippen LogP contribution in [0.1, 0.15) is 21.5 Å². The average molecular weight is 580 g/mol. The summed E-state index contributed by atoms with van der Waals surface area (Å²) < 4.78 is 63.1. The van der Waals surface area contributed by atoms with E-state index in [1.807, 2.05) is 12.1 Å². The number of benzene rings is 1. The number of hydrogen-bond acceptors (Lipinski definition) is 8. The van der Waals surface area contributed by atoms with Gasteiger partial charge in [0.1, 0.15) is 18.0 Å². The number of aromatic nitrogens is 3. The zero-order chi connectivity index (χ0) is 29.3. The Bertz CT molecular complexity index is 1440. The number of halogens is 4. The molecule has 0 spiro atoms. The molecule has 2 unspecified atom stereocenters. The van der Waals surface area contributed by atoms with Crippen molar-refractivity contribution >= 4 is 23.3 Å². The van der Waals surface area contributed by atoms with E-state index in [0.717, 1.165) is 23.6 Å². The van der Waals surface area contributed by atoms with Gasteiger partial charge in [0.15, 0.2) is 12.4 Å². The highest BCUT2D eigenvalue weighted by atomic mass is 19.4. The molecule has 220 valence electrons. The number of ether oxygens (including phenoxy) is 2. The van der Waals surface area contributed by atoms with Crippen LogP contribution in [0.4, 0.5) is 28.2 Å². The number of anilines is 1. The monoisotopic (exact) mass is 579 g/mol. The van der Waals surface area contributed by atoms with E-state index in [9.17, 15) is 27.2 Å². The smallest absolute Gasteiger partial charge is 0.422 e. The molecule has 4 heterocycles. The van der Waals surface area contributed by atoms with Crippen molar-refractivity contribution in [3.8, 4) is 11.3 Å². The van der Waals surface area contributed by atoms with Gasteiger partial charge in [0.2, 0.25) is 0 Å². The number of carbonyl (C=O) groups excluding carboxylic acids is 2. The molecule has 41 heavy (non-hydrogen) atoms. The lowest BCUT2D eigenvalue weighted by Gasteiger charge is -2.26. The Morgan fingerprint density at radius 2 is 1.95 bits per heavy atom. The SMILES string of the molecule is Cc1ccc(-c2cc(CN3CCOCC3)c3c(N)ncnn23)cc1C(=O)NC1CN(C(=O)OCC(F)(F)F)CC1F. The number of fused-ring (bicyclic) bond motifs is 1. The molecular formula is C26H29F4N7O4. The van der Waals surface area contributed by atoms with Crippen LogP contribution in [0, 0.1) is 6.92 Å². The minimum Gasteiger partial charge on any atom is -0.440 e. The van der Waals surface area contributed by atoms with E-state index in [-0.39, 0.29) is 12.1 Å². The maximum atomic E-state index is 14.7. The Balaban J connectivity index is 1.36.